The van der Waals surface area contributed by atoms with E-state index in [1.54, 1.807) is 24.4 Å². The number of sulfonamides is 1. The molecule has 5 aromatic rings. The van der Waals surface area contributed by atoms with E-state index < -0.39 is 20.6 Å². The first-order chi connectivity index (χ1) is 22.9. The molecule has 6 rings (SSSR count). The topological polar surface area (TPSA) is 122 Å². The van der Waals surface area contributed by atoms with Gasteiger partial charge in [0.1, 0.15) is 0 Å². The minimum absolute atomic E-state index is 0.0212. The second-order valence-corrected chi connectivity index (χ2v) is 13.7. The Morgan fingerprint density at radius 1 is 0.723 bits per heavy atom. The molecule has 240 valence electrons. The first-order valence-corrected chi connectivity index (χ1v) is 17.1. The predicted octanol–water partition coefficient (Wildman–Crippen LogP) is 6.29. The van der Waals surface area contributed by atoms with E-state index in [9.17, 15) is 18.5 Å². The summed E-state index contributed by atoms with van der Waals surface area (Å²) in [6.07, 6.45) is 8.58. The fourth-order valence-electron chi connectivity index (χ4n) is 6.18. The molecule has 0 aliphatic heterocycles. The van der Waals surface area contributed by atoms with Crippen LogP contribution < -0.4 is 0 Å². The summed E-state index contributed by atoms with van der Waals surface area (Å²) >= 11 is 0. The van der Waals surface area contributed by atoms with Gasteiger partial charge in [-0.05, 0) is 72.4 Å². The van der Waals surface area contributed by atoms with E-state index in [1.165, 1.54) is 39.8 Å². The molecule has 0 saturated heterocycles. The van der Waals surface area contributed by atoms with Crippen molar-refractivity contribution in [1.82, 2.24) is 24.2 Å². The summed E-state index contributed by atoms with van der Waals surface area (Å²) in [5.41, 5.74) is 5.43. The Hall–Kier alpha value is -4.84. The molecular weight excluding hydrogens is 613 g/mol. The van der Waals surface area contributed by atoms with Gasteiger partial charge in [0.15, 0.2) is 4.90 Å². The molecule has 1 atom stereocenters. The van der Waals surface area contributed by atoms with Crippen LogP contribution in [0.3, 0.4) is 0 Å². The third-order valence-corrected chi connectivity index (χ3v) is 10.3. The van der Waals surface area contributed by atoms with E-state index in [4.69, 9.17) is 4.98 Å². The summed E-state index contributed by atoms with van der Waals surface area (Å²) in [6.45, 7) is 2.20. The van der Waals surface area contributed by atoms with Crippen LogP contribution in [0, 0.1) is 10.1 Å². The number of benzene rings is 2. The van der Waals surface area contributed by atoms with Gasteiger partial charge < -0.3 is 0 Å². The van der Waals surface area contributed by atoms with Crippen LogP contribution in [-0.2, 0) is 42.6 Å². The van der Waals surface area contributed by atoms with Crippen LogP contribution in [0.1, 0.15) is 52.5 Å². The number of hydrogen-bond donors (Lipinski definition) is 0. The highest BCUT2D eigenvalue weighted by Crippen LogP contribution is 2.32. The Bertz CT molecular complexity index is 1910. The van der Waals surface area contributed by atoms with Crippen LogP contribution in [0.4, 0.5) is 5.69 Å². The molecule has 0 fully saturated rings. The molecule has 2 aromatic carbocycles. The van der Waals surface area contributed by atoms with Crippen molar-refractivity contribution in [2.45, 2.75) is 56.3 Å². The van der Waals surface area contributed by atoms with Gasteiger partial charge in [-0.25, -0.2) is 8.42 Å². The lowest BCUT2D eigenvalue weighted by Crippen LogP contribution is -2.31. The largest absolute Gasteiger partial charge is 0.293 e. The maximum atomic E-state index is 13.9. The number of nitro groups is 1. The lowest BCUT2D eigenvalue weighted by atomic mass is 9.86. The standard InChI is InChI=1S/C36H36N6O4S/c43-42(44)34-14-1-2-15-35(34)47(45,46)41(27-33-13-4-6-21-38-33)24-29-18-16-28(17-19-29)23-40(26-32-12-3-5-20-37-32)25-31-10-7-9-30-11-8-22-39-36(30)31/h1-6,8,11-22,31H,7,9-10,23-27H2. The third-order valence-electron chi connectivity index (χ3n) is 8.43. The fraction of sp³-hybridized carbons (Fsp3) is 0.250. The number of hydrogen-bond acceptors (Lipinski definition) is 8. The highest BCUT2D eigenvalue weighted by Gasteiger charge is 2.32. The first kappa shape index (κ1) is 32.1. The van der Waals surface area contributed by atoms with Gasteiger partial charge >= 0.3 is 0 Å². The van der Waals surface area contributed by atoms with Gasteiger partial charge in [0.25, 0.3) is 15.7 Å². The minimum Gasteiger partial charge on any atom is -0.293 e. The second-order valence-electron chi connectivity index (χ2n) is 11.8. The zero-order chi connectivity index (χ0) is 32.6. The summed E-state index contributed by atoms with van der Waals surface area (Å²) in [5, 5.41) is 11.7. The van der Waals surface area contributed by atoms with E-state index in [0.717, 1.165) is 42.6 Å². The van der Waals surface area contributed by atoms with Crippen LogP contribution >= 0.6 is 0 Å². The minimum atomic E-state index is -4.25. The average molecular weight is 649 g/mol. The molecular formula is C36H36N6O4S. The van der Waals surface area contributed by atoms with Crippen LogP contribution in [-0.4, -0.2) is 44.0 Å². The van der Waals surface area contributed by atoms with Crippen molar-refractivity contribution in [3.63, 3.8) is 0 Å². The fourth-order valence-corrected chi connectivity index (χ4v) is 7.73. The van der Waals surface area contributed by atoms with Crippen LogP contribution in [0.15, 0.2) is 121 Å². The van der Waals surface area contributed by atoms with Crippen LogP contribution in [0.2, 0.25) is 0 Å². The van der Waals surface area contributed by atoms with Crippen molar-refractivity contribution in [3.8, 4) is 0 Å². The van der Waals surface area contributed by atoms with Gasteiger partial charge in [-0.15, -0.1) is 0 Å². The number of nitro benzene ring substituents is 1. The molecule has 0 spiro atoms. The molecule has 1 aliphatic carbocycles. The van der Waals surface area contributed by atoms with Crippen molar-refractivity contribution in [2.75, 3.05) is 6.54 Å². The number of nitrogens with zero attached hydrogens (tertiary/aromatic N) is 6. The molecule has 0 N–H and O–H groups in total. The maximum absolute atomic E-state index is 13.9. The van der Waals surface area contributed by atoms with Crippen molar-refractivity contribution in [1.29, 1.82) is 0 Å². The van der Waals surface area contributed by atoms with E-state index in [0.29, 0.717) is 24.7 Å². The SMILES string of the molecule is O=[N+]([O-])c1ccccc1S(=O)(=O)N(Cc1ccc(CN(Cc2ccccn2)CC2CCCc3cccnc32)cc1)Cc1ccccn1. The van der Waals surface area contributed by atoms with Gasteiger partial charge in [-0.3, -0.25) is 30.0 Å². The van der Waals surface area contributed by atoms with Gasteiger partial charge in [0.2, 0.25) is 0 Å². The lowest BCUT2D eigenvalue weighted by Gasteiger charge is -2.30. The van der Waals surface area contributed by atoms with Gasteiger partial charge in [-0.1, -0.05) is 54.6 Å². The monoisotopic (exact) mass is 648 g/mol. The van der Waals surface area contributed by atoms with E-state index in [2.05, 4.69) is 20.9 Å². The predicted molar refractivity (Wildman–Crippen MR) is 178 cm³/mol. The number of aryl methyl sites for hydroxylation is 1. The number of fused-ring (bicyclic) bond motifs is 1. The van der Waals surface area contributed by atoms with Crippen LogP contribution in [0.5, 0.6) is 0 Å². The number of aromatic nitrogens is 3. The summed E-state index contributed by atoms with van der Waals surface area (Å²) in [7, 11) is -4.25. The smallest absolute Gasteiger partial charge is 0.289 e. The lowest BCUT2D eigenvalue weighted by molar-refractivity contribution is -0.387. The molecule has 0 bridgehead atoms. The summed E-state index contributed by atoms with van der Waals surface area (Å²) in [4.78, 5) is 26.8. The van der Waals surface area contributed by atoms with Crippen molar-refractivity contribution in [3.05, 3.63) is 160 Å². The number of pyridine rings is 3. The Morgan fingerprint density at radius 3 is 2.04 bits per heavy atom. The first-order valence-electron chi connectivity index (χ1n) is 15.6. The van der Waals surface area contributed by atoms with Crippen molar-refractivity contribution >= 4 is 15.7 Å². The molecule has 1 aliphatic rings. The number of rotatable bonds is 13. The van der Waals surface area contributed by atoms with E-state index in [-0.39, 0.29) is 18.0 Å². The summed E-state index contributed by atoms with van der Waals surface area (Å²) in [5.74, 6) is 0.329. The molecule has 0 amide bonds. The average Bonchev–Trinajstić information content (AvgIpc) is 3.10. The summed E-state index contributed by atoms with van der Waals surface area (Å²) < 4.78 is 29.1. The Labute approximate surface area is 275 Å². The highest BCUT2D eigenvalue weighted by molar-refractivity contribution is 7.89. The zero-order valence-corrected chi connectivity index (χ0v) is 26.7. The maximum Gasteiger partial charge on any atom is 0.289 e. The van der Waals surface area contributed by atoms with Crippen molar-refractivity contribution < 1.29 is 13.3 Å². The number of para-hydroxylation sites is 1. The zero-order valence-electron chi connectivity index (χ0n) is 25.9. The van der Waals surface area contributed by atoms with E-state index in [1.807, 2.05) is 60.9 Å². The third kappa shape index (κ3) is 7.94. The molecule has 0 saturated carbocycles. The van der Waals surface area contributed by atoms with E-state index >= 15 is 0 Å². The summed E-state index contributed by atoms with van der Waals surface area (Å²) in [6, 6.07) is 28.7. The molecule has 11 heteroatoms. The normalized spacial score (nSPS) is 14.6. The molecule has 47 heavy (non-hydrogen) atoms. The quantitative estimate of drug-likeness (QED) is 0.108. The Morgan fingerprint density at radius 2 is 1.36 bits per heavy atom. The second kappa shape index (κ2) is 14.7. The van der Waals surface area contributed by atoms with Gasteiger partial charge in [0.05, 0.1) is 22.9 Å². The highest BCUT2D eigenvalue weighted by atomic mass is 32.2. The molecule has 3 heterocycles. The Balaban J connectivity index is 1.24. The molecule has 0 radical (unpaired) electrons. The molecule has 3 aromatic heterocycles. The van der Waals surface area contributed by atoms with Gasteiger partial charge in [-0.2, -0.15) is 4.31 Å². The molecule has 10 nitrogen and oxygen atoms in total. The Kier molecular flexibility index (Phi) is 10.1. The molecule has 1 unspecified atom stereocenters. The van der Waals surface area contributed by atoms with Crippen LogP contribution in [0.25, 0.3) is 0 Å². The van der Waals surface area contributed by atoms with Gasteiger partial charge in [0, 0.05) is 62.4 Å². The van der Waals surface area contributed by atoms with Crippen molar-refractivity contribution in [2.24, 2.45) is 0 Å².